The van der Waals surface area contributed by atoms with E-state index in [2.05, 4.69) is 15.8 Å². The lowest BCUT2D eigenvalue weighted by molar-refractivity contribution is -0.117. The highest BCUT2D eigenvalue weighted by Crippen LogP contribution is 2.06. The molecule has 1 aromatic carbocycles. The summed E-state index contributed by atoms with van der Waals surface area (Å²) in [5, 5.41) is 0.397. The fourth-order valence-electron chi connectivity index (χ4n) is 2.11. The standard InChI is InChI=1S/C17H13N3O4/c21-15(8-7-11-4-3-9-24-11)19-20-17(23)13-10-18-14-6-2-1-5-12(14)16(13)22/h1-10H,(H,18,22)(H,19,21)(H,20,23)/b8-7+. The lowest BCUT2D eigenvalue weighted by Crippen LogP contribution is -2.42. The van der Waals surface area contributed by atoms with Crippen molar-refractivity contribution in [2.24, 2.45) is 0 Å². The monoisotopic (exact) mass is 323 g/mol. The van der Waals surface area contributed by atoms with Crippen LogP contribution in [0.3, 0.4) is 0 Å². The highest BCUT2D eigenvalue weighted by atomic mass is 16.3. The van der Waals surface area contributed by atoms with Gasteiger partial charge in [-0.05, 0) is 30.3 Å². The van der Waals surface area contributed by atoms with E-state index in [1.807, 2.05) is 0 Å². The molecule has 0 radical (unpaired) electrons. The highest BCUT2D eigenvalue weighted by Gasteiger charge is 2.12. The third kappa shape index (κ3) is 3.25. The molecule has 2 amide bonds. The number of hydrogen-bond donors (Lipinski definition) is 3. The summed E-state index contributed by atoms with van der Waals surface area (Å²) in [5.41, 5.74) is 4.51. The summed E-state index contributed by atoms with van der Waals surface area (Å²) >= 11 is 0. The van der Waals surface area contributed by atoms with Gasteiger partial charge in [-0.15, -0.1) is 0 Å². The Hall–Kier alpha value is -3.61. The number of carbonyl (C=O) groups is 2. The first kappa shape index (κ1) is 15.3. The highest BCUT2D eigenvalue weighted by molar-refractivity contribution is 5.99. The molecule has 0 unspecified atom stereocenters. The molecule has 3 N–H and O–H groups in total. The van der Waals surface area contributed by atoms with Crippen molar-refractivity contribution in [1.29, 1.82) is 0 Å². The molecule has 7 heteroatoms. The maximum absolute atomic E-state index is 12.3. The van der Waals surface area contributed by atoms with Crippen molar-refractivity contribution in [3.05, 3.63) is 76.5 Å². The summed E-state index contributed by atoms with van der Waals surface area (Å²) in [6, 6.07) is 10.2. The lowest BCUT2D eigenvalue weighted by Gasteiger charge is -2.05. The van der Waals surface area contributed by atoms with Gasteiger partial charge in [-0.3, -0.25) is 25.2 Å². The topological polar surface area (TPSA) is 104 Å². The van der Waals surface area contributed by atoms with E-state index >= 15 is 0 Å². The van der Waals surface area contributed by atoms with Gasteiger partial charge in [-0.1, -0.05) is 12.1 Å². The lowest BCUT2D eigenvalue weighted by atomic mass is 10.1. The maximum atomic E-state index is 12.3. The first-order chi connectivity index (χ1) is 11.6. The molecule has 120 valence electrons. The Morgan fingerprint density at radius 3 is 2.71 bits per heavy atom. The number of carbonyl (C=O) groups excluding carboxylic acids is 2. The van der Waals surface area contributed by atoms with E-state index in [9.17, 15) is 14.4 Å². The number of fused-ring (bicyclic) bond motifs is 1. The molecule has 0 aliphatic heterocycles. The molecule has 0 saturated heterocycles. The van der Waals surface area contributed by atoms with E-state index in [4.69, 9.17) is 4.42 Å². The Bertz CT molecular complexity index is 971. The number of aromatic amines is 1. The van der Waals surface area contributed by atoms with Crippen LogP contribution in [-0.4, -0.2) is 16.8 Å². The smallest absolute Gasteiger partial charge is 0.275 e. The zero-order valence-corrected chi connectivity index (χ0v) is 12.4. The molecule has 3 aromatic rings. The normalized spacial score (nSPS) is 10.8. The molecule has 3 rings (SSSR count). The molecule has 0 spiro atoms. The van der Waals surface area contributed by atoms with E-state index < -0.39 is 17.2 Å². The second kappa shape index (κ2) is 6.66. The molecule has 2 heterocycles. The van der Waals surface area contributed by atoms with E-state index in [0.29, 0.717) is 16.7 Å². The predicted octanol–water partition coefficient (Wildman–Crippen LogP) is 1.60. The number of furan rings is 1. The van der Waals surface area contributed by atoms with Gasteiger partial charge in [0.05, 0.1) is 6.26 Å². The van der Waals surface area contributed by atoms with E-state index in [1.54, 1.807) is 36.4 Å². The Morgan fingerprint density at radius 1 is 1.08 bits per heavy atom. The number of para-hydroxylation sites is 1. The van der Waals surface area contributed by atoms with Crippen molar-refractivity contribution in [2.45, 2.75) is 0 Å². The minimum atomic E-state index is -0.707. The minimum absolute atomic E-state index is 0.0935. The molecule has 2 aromatic heterocycles. The van der Waals surface area contributed by atoms with E-state index in [0.717, 1.165) is 0 Å². The van der Waals surface area contributed by atoms with Crippen molar-refractivity contribution in [3.8, 4) is 0 Å². The van der Waals surface area contributed by atoms with Crippen LogP contribution in [0.25, 0.3) is 17.0 Å². The predicted molar refractivity (Wildman–Crippen MR) is 87.9 cm³/mol. The molecule has 0 aliphatic rings. The van der Waals surface area contributed by atoms with Crippen LogP contribution in [0, 0.1) is 0 Å². The summed E-state index contributed by atoms with van der Waals surface area (Å²) in [5.74, 6) is -0.763. The largest absolute Gasteiger partial charge is 0.465 e. The number of hydrazine groups is 1. The summed E-state index contributed by atoms with van der Waals surface area (Å²) in [4.78, 5) is 38.8. The van der Waals surface area contributed by atoms with Crippen molar-refractivity contribution < 1.29 is 14.0 Å². The van der Waals surface area contributed by atoms with Gasteiger partial charge in [0.15, 0.2) is 0 Å². The van der Waals surface area contributed by atoms with Crippen LogP contribution in [-0.2, 0) is 4.79 Å². The van der Waals surface area contributed by atoms with Gasteiger partial charge < -0.3 is 9.40 Å². The van der Waals surface area contributed by atoms with Crippen LogP contribution in [0.15, 0.2) is 64.1 Å². The van der Waals surface area contributed by atoms with Crippen LogP contribution in [0.2, 0.25) is 0 Å². The van der Waals surface area contributed by atoms with Gasteiger partial charge in [-0.2, -0.15) is 0 Å². The van der Waals surface area contributed by atoms with Crippen LogP contribution in [0.5, 0.6) is 0 Å². The first-order valence-corrected chi connectivity index (χ1v) is 7.07. The molecule has 0 fully saturated rings. The van der Waals surface area contributed by atoms with Crippen molar-refractivity contribution >= 4 is 28.8 Å². The number of H-pyrrole nitrogens is 1. The fourth-order valence-corrected chi connectivity index (χ4v) is 2.11. The molecule has 0 atom stereocenters. The van der Waals surface area contributed by atoms with Crippen LogP contribution in [0.4, 0.5) is 0 Å². The Morgan fingerprint density at radius 2 is 1.92 bits per heavy atom. The molecule has 24 heavy (non-hydrogen) atoms. The maximum Gasteiger partial charge on any atom is 0.275 e. The van der Waals surface area contributed by atoms with Crippen molar-refractivity contribution in [3.63, 3.8) is 0 Å². The summed E-state index contributed by atoms with van der Waals surface area (Å²) in [6.45, 7) is 0. The van der Waals surface area contributed by atoms with Crippen LogP contribution >= 0.6 is 0 Å². The molecule has 0 saturated carbocycles. The number of nitrogens with one attached hydrogen (secondary N) is 3. The Kier molecular flexibility index (Phi) is 4.24. The quantitative estimate of drug-likeness (QED) is 0.503. The average Bonchev–Trinajstić information content (AvgIpc) is 3.12. The van der Waals surface area contributed by atoms with Crippen molar-refractivity contribution in [2.75, 3.05) is 0 Å². The Balaban J connectivity index is 1.68. The van der Waals surface area contributed by atoms with Crippen LogP contribution < -0.4 is 16.3 Å². The number of amides is 2. The molecule has 0 bridgehead atoms. The average molecular weight is 323 g/mol. The zero-order chi connectivity index (χ0) is 16.9. The second-order valence-corrected chi connectivity index (χ2v) is 4.87. The fraction of sp³-hybridized carbons (Fsp3) is 0. The zero-order valence-electron chi connectivity index (χ0n) is 12.4. The minimum Gasteiger partial charge on any atom is -0.465 e. The number of rotatable bonds is 3. The van der Waals surface area contributed by atoms with Gasteiger partial charge >= 0.3 is 0 Å². The van der Waals surface area contributed by atoms with E-state index in [-0.39, 0.29) is 5.56 Å². The van der Waals surface area contributed by atoms with Gasteiger partial charge in [0.25, 0.3) is 11.8 Å². The Labute approximate surface area is 136 Å². The van der Waals surface area contributed by atoms with Crippen LogP contribution in [0.1, 0.15) is 16.1 Å². The third-order valence-corrected chi connectivity index (χ3v) is 3.27. The van der Waals surface area contributed by atoms with Gasteiger partial charge in [-0.25, -0.2) is 0 Å². The number of aromatic nitrogens is 1. The summed E-state index contributed by atoms with van der Waals surface area (Å²) in [7, 11) is 0. The number of pyridine rings is 1. The third-order valence-electron chi connectivity index (χ3n) is 3.27. The number of benzene rings is 1. The SMILES string of the molecule is O=C(/C=C/c1ccco1)NNC(=O)c1c[nH]c2ccccc2c1=O. The molecule has 7 nitrogen and oxygen atoms in total. The summed E-state index contributed by atoms with van der Waals surface area (Å²) < 4.78 is 5.04. The van der Waals surface area contributed by atoms with Crippen molar-refractivity contribution in [1.82, 2.24) is 15.8 Å². The molecular weight excluding hydrogens is 310 g/mol. The van der Waals surface area contributed by atoms with Gasteiger partial charge in [0.2, 0.25) is 5.43 Å². The van der Waals surface area contributed by atoms with Gasteiger partial charge in [0, 0.05) is 23.2 Å². The first-order valence-electron chi connectivity index (χ1n) is 7.07. The summed E-state index contributed by atoms with van der Waals surface area (Å²) in [6.07, 6.45) is 5.43. The molecular formula is C17H13N3O4. The second-order valence-electron chi connectivity index (χ2n) is 4.87. The molecule has 0 aliphatic carbocycles. The van der Waals surface area contributed by atoms with E-state index in [1.165, 1.54) is 24.6 Å². The van der Waals surface area contributed by atoms with Gasteiger partial charge in [0.1, 0.15) is 11.3 Å². The number of hydrogen-bond acceptors (Lipinski definition) is 4.